The number of thiazole rings is 1. The summed E-state index contributed by atoms with van der Waals surface area (Å²) in [5, 5.41) is 16.4. The molecule has 0 saturated carbocycles. The monoisotopic (exact) mass is 524 g/mol. The molecule has 0 aliphatic rings. The maximum absolute atomic E-state index is 11.7. The Morgan fingerprint density at radius 2 is 1.76 bits per heavy atom. The molecule has 0 aliphatic heterocycles. The van der Waals surface area contributed by atoms with Crippen molar-refractivity contribution in [1.82, 2.24) is 19.7 Å². The average molecular weight is 525 g/mol. The number of hydrogen-bond acceptors (Lipinski definition) is 5. The second-order valence-electron chi connectivity index (χ2n) is 8.94. The van der Waals surface area contributed by atoms with Gasteiger partial charge in [-0.05, 0) is 66.1 Å². The van der Waals surface area contributed by atoms with Gasteiger partial charge in [0, 0.05) is 28.6 Å². The molecule has 1 N–H and O–H groups in total. The SMILES string of the molecule is Cc1cc2nc(-c3cccc(-c4ccc5c(cnn5C)c4)n3)sc2c(-c2ccc(Cl)cc2)c1CC(=O)O. The number of carboxylic acids is 1. The van der Waals surface area contributed by atoms with Gasteiger partial charge in [-0.15, -0.1) is 11.3 Å². The van der Waals surface area contributed by atoms with Gasteiger partial charge in [0.1, 0.15) is 5.01 Å². The summed E-state index contributed by atoms with van der Waals surface area (Å²) in [6, 6.07) is 21.6. The normalized spacial score (nSPS) is 11.4. The van der Waals surface area contributed by atoms with E-state index in [4.69, 9.17) is 21.6 Å². The summed E-state index contributed by atoms with van der Waals surface area (Å²) in [6.45, 7) is 1.93. The fourth-order valence-corrected chi connectivity index (χ4v) is 5.92. The second-order valence-corrected chi connectivity index (χ2v) is 10.4. The van der Waals surface area contributed by atoms with Crippen molar-refractivity contribution in [1.29, 1.82) is 0 Å². The predicted octanol–water partition coefficient (Wildman–Crippen LogP) is 7.17. The number of aliphatic carboxylic acids is 1. The highest BCUT2D eigenvalue weighted by molar-refractivity contribution is 7.22. The first kappa shape index (κ1) is 23.3. The zero-order valence-corrected chi connectivity index (χ0v) is 21.6. The Labute approximate surface area is 221 Å². The number of carboxylic acid groups (broad SMARTS) is 1. The molecule has 3 aromatic carbocycles. The zero-order chi connectivity index (χ0) is 25.7. The van der Waals surface area contributed by atoms with Crippen LogP contribution in [0.1, 0.15) is 11.1 Å². The molecule has 3 aromatic heterocycles. The first-order valence-corrected chi connectivity index (χ1v) is 12.9. The lowest BCUT2D eigenvalue weighted by atomic mass is 9.93. The Kier molecular flexibility index (Phi) is 5.74. The number of benzene rings is 3. The van der Waals surface area contributed by atoms with E-state index in [9.17, 15) is 9.90 Å². The number of halogens is 1. The van der Waals surface area contributed by atoms with Crippen LogP contribution in [-0.4, -0.2) is 30.8 Å². The summed E-state index contributed by atoms with van der Waals surface area (Å²) >= 11 is 7.66. The largest absolute Gasteiger partial charge is 0.481 e. The first-order valence-electron chi connectivity index (χ1n) is 11.7. The quantitative estimate of drug-likeness (QED) is 0.258. The highest BCUT2D eigenvalue weighted by Crippen LogP contribution is 2.41. The number of hydrogen-bond donors (Lipinski definition) is 1. The van der Waals surface area contributed by atoms with E-state index in [1.807, 2.05) is 73.4 Å². The van der Waals surface area contributed by atoms with Crippen molar-refractivity contribution in [2.45, 2.75) is 13.3 Å². The Balaban J connectivity index is 1.50. The second kappa shape index (κ2) is 9.10. The molecule has 0 atom stereocenters. The average Bonchev–Trinajstić information content (AvgIpc) is 3.48. The highest BCUT2D eigenvalue weighted by Gasteiger charge is 2.20. The van der Waals surface area contributed by atoms with Gasteiger partial charge in [0.05, 0.1) is 39.7 Å². The molecule has 0 bridgehead atoms. The van der Waals surface area contributed by atoms with E-state index in [1.54, 1.807) is 0 Å². The Bertz CT molecular complexity index is 1820. The lowest BCUT2D eigenvalue weighted by molar-refractivity contribution is -0.136. The van der Waals surface area contributed by atoms with E-state index in [1.165, 1.54) is 11.3 Å². The van der Waals surface area contributed by atoms with Gasteiger partial charge in [-0.3, -0.25) is 9.48 Å². The zero-order valence-electron chi connectivity index (χ0n) is 20.1. The number of aromatic nitrogens is 4. The Hall–Kier alpha value is -4.07. The van der Waals surface area contributed by atoms with Crippen LogP contribution in [0.5, 0.6) is 0 Å². The first-order chi connectivity index (χ1) is 17.9. The van der Waals surface area contributed by atoms with Crippen LogP contribution < -0.4 is 0 Å². The summed E-state index contributed by atoms with van der Waals surface area (Å²) in [5.74, 6) is -0.873. The lowest BCUT2D eigenvalue weighted by Gasteiger charge is -2.13. The van der Waals surface area contributed by atoms with Crippen molar-refractivity contribution >= 4 is 50.0 Å². The van der Waals surface area contributed by atoms with E-state index >= 15 is 0 Å². The molecule has 8 heteroatoms. The van der Waals surface area contributed by atoms with Crippen molar-refractivity contribution in [2.75, 3.05) is 0 Å². The van der Waals surface area contributed by atoms with Crippen LogP contribution in [0.4, 0.5) is 0 Å². The molecule has 0 unspecified atom stereocenters. The van der Waals surface area contributed by atoms with E-state index in [2.05, 4.69) is 23.3 Å². The van der Waals surface area contributed by atoms with Crippen molar-refractivity contribution < 1.29 is 9.90 Å². The van der Waals surface area contributed by atoms with Crippen LogP contribution in [0.25, 0.3) is 54.2 Å². The minimum atomic E-state index is -0.873. The topological polar surface area (TPSA) is 80.9 Å². The van der Waals surface area contributed by atoms with Gasteiger partial charge in [-0.2, -0.15) is 5.10 Å². The molecule has 3 heterocycles. The molecule has 0 saturated heterocycles. The molecule has 6 nitrogen and oxygen atoms in total. The molecule has 37 heavy (non-hydrogen) atoms. The van der Waals surface area contributed by atoms with Gasteiger partial charge in [-0.25, -0.2) is 9.97 Å². The van der Waals surface area contributed by atoms with E-state index in [0.717, 1.165) is 65.3 Å². The molecular weight excluding hydrogens is 504 g/mol. The van der Waals surface area contributed by atoms with Crippen LogP contribution in [-0.2, 0) is 18.3 Å². The van der Waals surface area contributed by atoms with Gasteiger partial charge >= 0.3 is 5.97 Å². The molecule has 0 aliphatic carbocycles. The summed E-state index contributed by atoms with van der Waals surface area (Å²) in [5.41, 5.74) is 7.98. The number of nitrogens with zero attached hydrogens (tertiary/aromatic N) is 4. The molecule has 0 spiro atoms. The number of carbonyl (C=O) groups is 1. The Morgan fingerprint density at radius 1 is 1.00 bits per heavy atom. The third kappa shape index (κ3) is 4.26. The molecule has 0 amide bonds. The number of aryl methyl sites for hydroxylation is 2. The molecule has 182 valence electrons. The third-order valence-corrected chi connectivity index (χ3v) is 7.85. The van der Waals surface area contributed by atoms with Crippen LogP contribution in [0.2, 0.25) is 5.02 Å². The fraction of sp³-hybridized carbons (Fsp3) is 0.103. The summed E-state index contributed by atoms with van der Waals surface area (Å²) < 4.78 is 2.78. The minimum Gasteiger partial charge on any atom is -0.481 e. The molecule has 6 aromatic rings. The minimum absolute atomic E-state index is 0.0719. The van der Waals surface area contributed by atoms with E-state index in [0.29, 0.717) is 5.02 Å². The van der Waals surface area contributed by atoms with Crippen LogP contribution in [0.15, 0.2) is 72.9 Å². The molecule has 6 rings (SSSR count). The summed E-state index contributed by atoms with van der Waals surface area (Å²) in [6.07, 6.45) is 1.78. The van der Waals surface area contributed by atoms with Gasteiger partial charge in [0.25, 0.3) is 0 Å². The van der Waals surface area contributed by atoms with Crippen molar-refractivity contribution in [3.63, 3.8) is 0 Å². The van der Waals surface area contributed by atoms with E-state index in [-0.39, 0.29) is 6.42 Å². The van der Waals surface area contributed by atoms with Crippen molar-refractivity contribution in [3.05, 3.63) is 89.1 Å². The smallest absolute Gasteiger partial charge is 0.307 e. The van der Waals surface area contributed by atoms with Crippen molar-refractivity contribution in [3.8, 4) is 33.1 Å². The van der Waals surface area contributed by atoms with E-state index < -0.39 is 5.97 Å². The number of fused-ring (bicyclic) bond motifs is 2. The molecule has 0 radical (unpaired) electrons. The molecular formula is C29H21ClN4O2S. The highest BCUT2D eigenvalue weighted by atomic mass is 35.5. The van der Waals surface area contributed by atoms with Gasteiger partial charge in [0.15, 0.2) is 0 Å². The Morgan fingerprint density at radius 3 is 2.54 bits per heavy atom. The third-order valence-electron chi connectivity index (χ3n) is 6.48. The maximum atomic E-state index is 11.7. The van der Waals surface area contributed by atoms with Crippen LogP contribution >= 0.6 is 22.9 Å². The summed E-state index contributed by atoms with van der Waals surface area (Å²) in [7, 11) is 1.93. The van der Waals surface area contributed by atoms with Crippen LogP contribution in [0.3, 0.4) is 0 Å². The van der Waals surface area contributed by atoms with Crippen molar-refractivity contribution in [2.24, 2.45) is 7.05 Å². The summed E-state index contributed by atoms with van der Waals surface area (Å²) in [4.78, 5) is 21.6. The number of rotatable bonds is 5. The van der Waals surface area contributed by atoms with Crippen LogP contribution in [0, 0.1) is 6.92 Å². The van der Waals surface area contributed by atoms with Gasteiger partial charge in [0.2, 0.25) is 0 Å². The number of pyridine rings is 1. The standard InChI is InChI=1S/C29H21ClN4O2S/c1-16-12-24-28(27(21(16)14-26(35)36)17-6-9-20(30)10-7-17)37-29(33-24)23-5-3-4-22(32-23)18-8-11-25-19(13-18)15-31-34(25)2/h3-13,15H,14H2,1-2H3,(H,35,36). The fourth-order valence-electron chi connectivity index (χ4n) is 4.68. The lowest BCUT2D eigenvalue weighted by Crippen LogP contribution is -2.04. The molecule has 0 fully saturated rings. The predicted molar refractivity (Wildman–Crippen MR) is 149 cm³/mol. The maximum Gasteiger partial charge on any atom is 0.307 e. The van der Waals surface area contributed by atoms with Gasteiger partial charge in [-0.1, -0.05) is 35.9 Å². The van der Waals surface area contributed by atoms with Gasteiger partial charge < -0.3 is 5.11 Å².